The number of benzene rings is 2. The van der Waals surface area contributed by atoms with Crippen LogP contribution >= 0.6 is 0 Å². The van der Waals surface area contributed by atoms with E-state index in [9.17, 15) is 19.7 Å². The lowest BCUT2D eigenvalue weighted by Gasteiger charge is -2.26. The summed E-state index contributed by atoms with van der Waals surface area (Å²) in [4.78, 5) is 46.8. The Labute approximate surface area is 287 Å². The van der Waals surface area contributed by atoms with Gasteiger partial charge in [0.25, 0.3) is 5.69 Å². The molecule has 17 heteroatoms. The number of hydrogen-bond donors (Lipinski definition) is 4. The zero-order valence-electron chi connectivity index (χ0n) is 28.2. The van der Waals surface area contributed by atoms with Crippen molar-refractivity contribution >= 4 is 46.1 Å². The number of oxazole rings is 1. The average Bonchev–Trinajstić information content (AvgIpc) is 3.64. The second-order valence-corrected chi connectivity index (χ2v) is 11.4. The van der Waals surface area contributed by atoms with E-state index in [0.29, 0.717) is 60.7 Å². The number of nitro benzene ring substituents is 1. The van der Waals surface area contributed by atoms with Crippen LogP contribution in [0.1, 0.15) is 45.6 Å². The van der Waals surface area contributed by atoms with Crippen LogP contribution in [0.3, 0.4) is 0 Å². The van der Waals surface area contributed by atoms with Crippen LogP contribution in [0.4, 0.5) is 23.2 Å². The predicted octanol–water partition coefficient (Wildman–Crippen LogP) is 3.52. The van der Waals surface area contributed by atoms with Gasteiger partial charge in [0.15, 0.2) is 11.6 Å². The van der Waals surface area contributed by atoms with Gasteiger partial charge in [-0.2, -0.15) is 0 Å². The Hall–Kier alpha value is -5.68. The number of amides is 2. The van der Waals surface area contributed by atoms with E-state index in [4.69, 9.17) is 35.1 Å². The minimum atomic E-state index is -0.815. The summed E-state index contributed by atoms with van der Waals surface area (Å²) in [5.74, 6) is 0.439. The zero-order chi connectivity index (χ0) is 35.8. The van der Waals surface area contributed by atoms with Crippen LogP contribution < -0.4 is 31.6 Å². The zero-order valence-corrected chi connectivity index (χ0v) is 28.2. The highest BCUT2D eigenvalue weighted by Crippen LogP contribution is 2.36. The standard InChI is InChI=1S/C33H41N9O8/c1-4-23-32(50-20(2)37-23)39-33-38-24-16-21(30(34)43)19-27(49-13-7-9-40-11-14-48-15-12-40)29(24)41(33)10-6-5-8-36-28-25(42(45)46)17-22(31(35)44)18-26(28)47-3/h5-6,16-19,36H,4,7-15H2,1-3H3,(H2,34,43)(H2,35,44)(H,38,39)/b6-5+. The number of carbonyl (C=O) groups is 2. The summed E-state index contributed by atoms with van der Waals surface area (Å²) in [6.45, 7) is 8.52. The number of allylic oxidation sites excluding steroid dienone is 1. The van der Waals surface area contributed by atoms with E-state index in [2.05, 4.69) is 20.5 Å². The summed E-state index contributed by atoms with van der Waals surface area (Å²) < 4.78 is 24.7. The van der Waals surface area contributed by atoms with Gasteiger partial charge in [0.2, 0.25) is 23.6 Å². The molecule has 17 nitrogen and oxygen atoms in total. The number of nitrogens with zero attached hydrogens (tertiary/aromatic N) is 5. The molecule has 0 atom stereocenters. The van der Waals surface area contributed by atoms with Crippen molar-refractivity contribution in [2.45, 2.75) is 33.2 Å². The first-order valence-electron chi connectivity index (χ1n) is 16.1. The number of imidazole rings is 1. The lowest BCUT2D eigenvalue weighted by molar-refractivity contribution is -0.384. The van der Waals surface area contributed by atoms with Crippen molar-refractivity contribution in [3.8, 4) is 11.5 Å². The molecule has 0 spiro atoms. The highest BCUT2D eigenvalue weighted by Gasteiger charge is 2.23. The maximum Gasteiger partial charge on any atom is 0.296 e. The number of anilines is 3. The molecular weight excluding hydrogens is 650 g/mol. The molecule has 266 valence electrons. The van der Waals surface area contributed by atoms with Crippen molar-refractivity contribution in [1.29, 1.82) is 0 Å². The molecule has 0 radical (unpaired) electrons. The summed E-state index contributed by atoms with van der Waals surface area (Å²) in [6.07, 6.45) is 4.98. The first-order valence-corrected chi connectivity index (χ1v) is 16.1. The number of morpholine rings is 1. The molecule has 0 aliphatic carbocycles. The predicted molar refractivity (Wildman–Crippen MR) is 185 cm³/mol. The van der Waals surface area contributed by atoms with E-state index in [0.717, 1.165) is 37.8 Å². The molecule has 1 aliphatic rings. The molecule has 50 heavy (non-hydrogen) atoms. The maximum atomic E-state index is 12.3. The molecule has 6 N–H and O–H groups in total. The van der Waals surface area contributed by atoms with Gasteiger partial charge in [-0.3, -0.25) is 29.9 Å². The van der Waals surface area contributed by atoms with Crippen LogP contribution in [0.5, 0.6) is 11.5 Å². The molecule has 1 aliphatic heterocycles. The molecule has 0 saturated carbocycles. The van der Waals surface area contributed by atoms with Crippen molar-refractivity contribution < 1.29 is 33.1 Å². The van der Waals surface area contributed by atoms with Gasteiger partial charge in [0, 0.05) is 56.8 Å². The van der Waals surface area contributed by atoms with Crippen LogP contribution in [-0.2, 0) is 17.7 Å². The number of nitro groups is 1. The van der Waals surface area contributed by atoms with Gasteiger partial charge in [0.05, 0.1) is 37.4 Å². The molecule has 0 bridgehead atoms. The van der Waals surface area contributed by atoms with Crippen LogP contribution in [0.25, 0.3) is 11.0 Å². The van der Waals surface area contributed by atoms with Gasteiger partial charge >= 0.3 is 0 Å². The van der Waals surface area contributed by atoms with Gasteiger partial charge in [-0.1, -0.05) is 19.1 Å². The van der Waals surface area contributed by atoms with Gasteiger partial charge in [-0.25, -0.2) is 9.97 Å². The van der Waals surface area contributed by atoms with Crippen molar-refractivity contribution in [1.82, 2.24) is 19.4 Å². The Morgan fingerprint density at radius 3 is 2.48 bits per heavy atom. The summed E-state index contributed by atoms with van der Waals surface area (Å²) in [5, 5.41) is 18.1. The number of fused-ring (bicyclic) bond motifs is 1. The molecule has 3 heterocycles. The van der Waals surface area contributed by atoms with E-state index in [-0.39, 0.29) is 41.3 Å². The van der Waals surface area contributed by atoms with Crippen molar-refractivity contribution in [3.63, 3.8) is 0 Å². The normalized spacial score (nSPS) is 13.5. The number of carbonyl (C=O) groups excluding carboxylic acids is 2. The maximum absolute atomic E-state index is 12.3. The topological polar surface area (TPSA) is 228 Å². The van der Waals surface area contributed by atoms with E-state index >= 15 is 0 Å². The monoisotopic (exact) mass is 691 g/mol. The second-order valence-electron chi connectivity index (χ2n) is 11.4. The minimum absolute atomic E-state index is 0.0477. The summed E-state index contributed by atoms with van der Waals surface area (Å²) >= 11 is 0. The van der Waals surface area contributed by atoms with Crippen LogP contribution in [-0.4, -0.2) is 89.3 Å². The third-order valence-corrected chi connectivity index (χ3v) is 8.07. The Balaban J connectivity index is 1.44. The SMILES string of the molecule is CCc1nc(C)oc1Nc1nc2cc(C(N)=O)cc(OCCCN3CCOCC3)c2n1C/C=C/CNc1c(OC)cc(C(N)=O)cc1[N+](=O)[O-]. The van der Waals surface area contributed by atoms with Gasteiger partial charge in [-0.05, 0) is 31.0 Å². The number of aryl methyl sites for hydroxylation is 2. The molecule has 4 aromatic rings. The second kappa shape index (κ2) is 16.1. The van der Waals surface area contributed by atoms with Gasteiger partial charge in [-0.15, -0.1) is 0 Å². The van der Waals surface area contributed by atoms with E-state index < -0.39 is 16.7 Å². The number of rotatable bonds is 17. The quantitative estimate of drug-likeness (QED) is 0.0538. The minimum Gasteiger partial charge on any atom is -0.494 e. The number of methoxy groups -OCH3 is 1. The van der Waals surface area contributed by atoms with E-state index in [1.165, 1.54) is 13.2 Å². The summed E-state index contributed by atoms with van der Waals surface area (Å²) in [7, 11) is 1.34. The Kier molecular flexibility index (Phi) is 11.5. The fraction of sp³-hybridized carbons (Fsp3) is 0.394. The highest BCUT2D eigenvalue weighted by molar-refractivity contribution is 5.99. The number of nitrogens with two attached hydrogens (primary N) is 2. The molecule has 1 saturated heterocycles. The molecule has 2 amide bonds. The third kappa shape index (κ3) is 8.30. The van der Waals surface area contributed by atoms with Crippen molar-refractivity contribution in [3.05, 3.63) is 69.2 Å². The van der Waals surface area contributed by atoms with Gasteiger partial charge < -0.3 is 40.0 Å². The third-order valence-electron chi connectivity index (χ3n) is 8.07. The fourth-order valence-corrected chi connectivity index (χ4v) is 5.61. The largest absolute Gasteiger partial charge is 0.494 e. The van der Waals surface area contributed by atoms with Crippen LogP contribution in [0, 0.1) is 17.0 Å². The molecular formula is C33H41N9O8. The average molecular weight is 692 g/mol. The summed E-state index contributed by atoms with van der Waals surface area (Å²) in [6, 6.07) is 5.67. The number of aromatic nitrogens is 3. The van der Waals surface area contributed by atoms with Crippen LogP contribution in [0.15, 0.2) is 40.8 Å². The van der Waals surface area contributed by atoms with Crippen molar-refractivity contribution in [2.75, 3.05) is 63.7 Å². The molecule has 2 aromatic carbocycles. The molecule has 0 unspecified atom stereocenters. The molecule has 5 rings (SSSR count). The summed E-state index contributed by atoms with van der Waals surface area (Å²) in [5.41, 5.74) is 12.8. The smallest absolute Gasteiger partial charge is 0.296 e. The molecule has 2 aromatic heterocycles. The lowest BCUT2D eigenvalue weighted by atomic mass is 10.1. The van der Waals surface area contributed by atoms with Crippen molar-refractivity contribution in [2.24, 2.45) is 11.5 Å². The van der Waals surface area contributed by atoms with E-state index in [1.54, 1.807) is 25.1 Å². The number of ether oxygens (including phenoxy) is 3. The Morgan fingerprint density at radius 1 is 1.08 bits per heavy atom. The van der Waals surface area contributed by atoms with Gasteiger partial charge in [0.1, 0.15) is 22.7 Å². The first-order chi connectivity index (χ1) is 24.1. The number of nitrogens with one attached hydrogen (secondary N) is 2. The number of primary amides is 2. The first kappa shape index (κ1) is 35.6. The fourth-order valence-electron chi connectivity index (χ4n) is 5.61. The highest BCUT2D eigenvalue weighted by atomic mass is 16.6. The molecule has 1 fully saturated rings. The van der Waals surface area contributed by atoms with Crippen LogP contribution in [0.2, 0.25) is 0 Å². The lowest BCUT2D eigenvalue weighted by Crippen LogP contribution is -2.37. The van der Waals surface area contributed by atoms with E-state index in [1.807, 2.05) is 17.6 Å². The Morgan fingerprint density at radius 2 is 1.80 bits per heavy atom. The Bertz CT molecular complexity index is 1900. The number of hydrogen-bond acceptors (Lipinski definition) is 13.